The molecule has 0 aromatic carbocycles. The number of hydrogen-bond acceptors (Lipinski definition) is 5. The number of nitrogens with one attached hydrogen (secondary N) is 1. The summed E-state index contributed by atoms with van der Waals surface area (Å²) in [5, 5.41) is 12.0. The molecule has 0 radical (unpaired) electrons. The van der Waals surface area contributed by atoms with Gasteiger partial charge in [0.15, 0.2) is 0 Å². The van der Waals surface area contributed by atoms with Crippen LogP contribution in [0, 0.1) is 0 Å². The summed E-state index contributed by atoms with van der Waals surface area (Å²) in [6.07, 6.45) is 48.0. The van der Waals surface area contributed by atoms with E-state index in [4.69, 9.17) is 10.5 Å². The van der Waals surface area contributed by atoms with Gasteiger partial charge in [0.2, 0.25) is 5.91 Å². The molecule has 0 aliphatic carbocycles. The van der Waals surface area contributed by atoms with Gasteiger partial charge in [-0.1, -0.05) is 126 Å². The highest BCUT2D eigenvalue weighted by molar-refractivity contribution is 5.83. The van der Waals surface area contributed by atoms with Crippen LogP contribution in [0.5, 0.6) is 0 Å². The van der Waals surface area contributed by atoms with Gasteiger partial charge < -0.3 is 20.9 Å². The minimum Gasteiger partial charge on any atom is -0.480 e. The molecule has 0 bridgehead atoms. The molecule has 1 amide bonds. The molecule has 51 heavy (non-hydrogen) atoms. The fourth-order valence-corrected chi connectivity index (χ4v) is 5.45. The van der Waals surface area contributed by atoms with Crippen molar-refractivity contribution in [3.8, 4) is 0 Å². The van der Waals surface area contributed by atoms with E-state index in [1.807, 2.05) is 12.2 Å². The normalized spacial score (nSPS) is 13.5. The average Bonchev–Trinajstić information content (AvgIpc) is 3.11. The van der Waals surface area contributed by atoms with Crippen LogP contribution < -0.4 is 11.1 Å². The topological polar surface area (TPSA) is 119 Å². The number of unbranched alkanes of at least 4 members (excludes halogenated alkanes) is 11. The average molecular weight is 711 g/mol. The summed E-state index contributed by atoms with van der Waals surface area (Å²) in [6, 6.07) is -0.914. The molecule has 7 heteroatoms. The number of hydrogen-bond donors (Lipinski definition) is 3. The van der Waals surface area contributed by atoms with Crippen LogP contribution in [-0.2, 0) is 19.1 Å². The van der Waals surface area contributed by atoms with Gasteiger partial charge in [0, 0.05) is 12.8 Å². The molecule has 2 atom stereocenters. The fraction of sp³-hybridized carbons (Fsp3) is 0.659. The zero-order chi connectivity index (χ0) is 37.5. The maximum Gasteiger partial charge on any atom is 0.326 e. The molecule has 290 valence electrons. The van der Waals surface area contributed by atoms with Crippen molar-refractivity contribution in [1.29, 1.82) is 0 Å². The fourth-order valence-electron chi connectivity index (χ4n) is 5.45. The van der Waals surface area contributed by atoms with Crippen molar-refractivity contribution in [2.75, 3.05) is 6.54 Å². The molecule has 2 unspecified atom stereocenters. The number of nitrogens with two attached hydrogens (primary N) is 1. The van der Waals surface area contributed by atoms with Crippen molar-refractivity contribution < 1.29 is 24.2 Å². The Morgan fingerprint density at radius 2 is 1.14 bits per heavy atom. The molecule has 0 saturated heterocycles. The van der Waals surface area contributed by atoms with E-state index in [0.717, 1.165) is 57.8 Å². The number of carboxylic acid groups (broad SMARTS) is 1. The highest BCUT2D eigenvalue weighted by Gasteiger charge is 2.19. The minimum atomic E-state index is -1.04. The van der Waals surface area contributed by atoms with Crippen molar-refractivity contribution in [1.82, 2.24) is 5.32 Å². The summed E-state index contributed by atoms with van der Waals surface area (Å²) in [5.41, 5.74) is 5.49. The zero-order valence-electron chi connectivity index (χ0n) is 32.4. The number of amides is 1. The van der Waals surface area contributed by atoms with Crippen LogP contribution in [0.25, 0.3) is 0 Å². The summed E-state index contributed by atoms with van der Waals surface area (Å²) < 4.78 is 5.85. The lowest BCUT2D eigenvalue weighted by Crippen LogP contribution is -2.40. The second kappa shape index (κ2) is 38.1. The molecule has 0 spiro atoms. The molecule has 0 fully saturated rings. The first-order valence-electron chi connectivity index (χ1n) is 20.3. The third-order valence-electron chi connectivity index (χ3n) is 8.49. The second-order valence-corrected chi connectivity index (χ2v) is 13.3. The first-order valence-corrected chi connectivity index (χ1v) is 20.3. The molecule has 0 aromatic heterocycles. The molecule has 0 aromatic rings. The predicted octanol–water partition coefficient (Wildman–Crippen LogP) is 11.2. The summed E-state index contributed by atoms with van der Waals surface area (Å²) in [5.74, 6) is -1.50. The Balaban J connectivity index is 4.60. The van der Waals surface area contributed by atoms with E-state index in [-0.39, 0.29) is 24.4 Å². The number of ether oxygens (including phenoxy) is 1. The van der Waals surface area contributed by atoms with E-state index >= 15 is 0 Å². The third-order valence-corrected chi connectivity index (χ3v) is 8.49. The van der Waals surface area contributed by atoms with Gasteiger partial charge in [-0.05, 0) is 109 Å². The maximum absolute atomic E-state index is 12.7. The lowest BCUT2D eigenvalue weighted by atomic mass is 10.1. The Morgan fingerprint density at radius 3 is 1.71 bits per heavy atom. The van der Waals surface area contributed by atoms with Crippen molar-refractivity contribution in [3.05, 3.63) is 72.9 Å². The smallest absolute Gasteiger partial charge is 0.326 e. The number of carbonyl (C=O) groups excluding carboxylic acids is 2. The van der Waals surface area contributed by atoms with E-state index in [2.05, 4.69) is 79.9 Å². The number of rotatable bonds is 35. The summed E-state index contributed by atoms with van der Waals surface area (Å²) in [6.45, 7) is 4.77. The Hall–Kier alpha value is -3.19. The van der Waals surface area contributed by atoms with Gasteiger partial charge in [-0.2, -0.15) is 0 Å². The van der Waals surface area contributed by atoms with E-state index in [1.54, 1.807) is 0 Å². The first kappa shape index (κ1) is 47.8. The van der Waals surface area contributed by atoms with Gasteiger partial charge in [0.05, 0.1) is 0 Å². The summed E-state index contributed by atoms with van der Waals surface area (Å²) >= 11 is 0. The maximum atomic E-state index is 12.7. The number of carboxylic acids is 1. The van der Waals surface area contributed by atoms with E-state index in [1.165, 1.54) is 51.4 Å². The Morgan fingerprint density at radius 1 is 0.608 bits per heavy atom. The Labute approximate surface area is 312 Å². The Bertz CT molecular complexity index is 1030. The Kier molecular flexibility index (Phi) is 35.7. The first-order chi connectivity index (χ1) is 24.9. The van der Waals surface area contributed by atoms with Gasteiger partial charge in [-0.3, -0.25) is 9.59 Å². The van der Waals surface area contributed by atoms with Crippen LogP contribution in [0.15, 0.2) is 72.9 Å². The molecular weight excluding hydrogens is 636 g/mol. The van der Waals surface area contributed by atoms with Gasteiger partial charge in [-0.25, -0.2) is 4.79 Å². The molecule has 0 aliphatic heterocycles. The summed E-state index contributed by atoms with van der Waals surface area (Å²) in [7, 11) is 0. The minimum absolute atomic E-state index is 0.176. The van der Waals surface area contributed by atoms with Gasteiger partial charge in [0.25, 0.3) is 0 Å². The van der Waals surface area contributed by atoms with Crippen molar-refractivity contribution in [2.24, 2.45) is 5.73 Å². The van der Waals surface area contributed by atoms with Gasteiger partial charge >= 0.3 is 11.9 Å². The monoisotopic (exact) mass is 711 g/mol. The quantitative estimate of drug-likeness (QED) is 0.0342. The van der Waals surface area contributed by atoms with Crippen LogP contribution in [0.4, 0.5) is 0 Å². The zero-order valence-corrected chi connectivity index (χ0v) is 32.4. The number of allylic oxidation sites excluding steroid dienone is 11. The molecule has 0 aliphatic rings. The molecule has 0 saturated carbocycles. The van der Waals surface area contributed by atoms with E-state index in [0.29, 0.717) is 45.1 Å². The highest BCUT2D eigenvalue weighted by atomic mass is 16.5. The number of carbonyl (C=O) groups is 3. The van der Waals surface area contributed by atoms with E-state index in [9.17, 15) is 19.5 Å². The largest absolute Gasteiger partial charge is 0.480 e. The second-order valence-electron chi connectivity index (χ2n) is 13.3. The third kappa shape index (κ3) is 35.0. The summed E-state index contributed by atoms with van der Waals surface area (Å²) in [4.78, 5) is 36.5. The van der Waals surface area contributed by atoms with Crippen LogP contribution in [0.1, 0.15) is 168 Å². The standard InChI is InChI=1S/C44H74N2O5/c1-3-5-7-9-11-13-15-17-19-21-23-25-27-29-34-40(35-31-32-37-42(47)46-41(44(49)50)36-33-39-45)51-43(48)38-30-28-26-24-22-20-18-16-14-12-10-8-6-4-2/h5,7,11,13,16-19,23,25,29,34,40-41H,3-4,6,8-10,12,14-15,20-22,24,26-28,30-33,35-39,45H2,1-2H3,(H,46,47)(H,49,50)/b7-5-,13-11-,18-16-,19-17-,25-23-,34-29-. The van der Waals surface area contributed by atoms with Crippen molar-refractivity contribution in [3.63, 3.8) is 0 Å². The lowest BCUT2D eigenvalue weighted by Gasteiger charge is -2.16. The van der Waals surface area contributed by atoms with Crippen molar-refractivity contribution in [2.45, 2.75) is 180 Å². The van der Waals surface area contributed by atoms with Crippen molar-refractivity contribution >= 4 is 17.8 Å². The van der Waals surface area contributed by atoms with E-state index < -0.39 is 12.0 Å². The highest BCUT2D eigenvalue weighted by Crippen LogP contribution is 2.14. The SMILES string of the molecule is CC/C=C\C/C=C\C/C=C\C/C=C\C/C=C\C(CCCCC(=O)NC(CCCN)C(=O)O)OC(=O)CCCCCCC/C=C\CCCCCCC. The number of esters is 1. The predicted molar refractivity (Wildman–Crippen MR) is 215 cm³/mol. The lowest BCUT2D eigenvalue weighted by molar-refractivity contribution is -0.147. The molecule has 4 N–H and O–H groups in total. The molecule has 0 heterocycles. The van der Waals surface area contributed by atoms with Crippen LogP contribution in [0.2, 0.25) is 0 Å². The molecule has 7 nitrogen and oxygen atoms in total. The van der Waals surface area contributed by atoms with Gasteiger partial charge in [-0.15, -0.1) is 0 Å². The number of aliphatic carboxylic acids is 1. The molecule has 0 rings (SSSR count). The van der Waals surface area contributed by atoms with Crippen LogP contribution in [-0.4, -0.2) is 41.6 Å². The molecular formula is C44H74N2O5. The van der Waals surface area contributed by atoms with Gasteiger partial charge in [0.1, 0.15) is 12.1 Å². The van der Waals surface area contributed by atoms with Crippen LogP contribution >= 0.6 is 0 Å². The van der Waals surface area contributed by atoms with Crippen LogP contribution in [0.3, 0.4) is 0 Å².